The standard InChI is InChI=1S/C16H27NO4/c1-7-21-16(2,3)11-17-10-12-8-9-13(18-4)15(20-6)14(12)19-5/h8-9,17H,7,10-11H2,1-6H3. The highest BCUT2D eigenvalue weighted by Gasteiger charge is 2.19. The Hall–Kier alpha value is -1.46. The summed E-state index contributed by atoms with van der Waals surface area (Å²) in [5, 5.41) is 3.39. The first-order valence-electron chi connectivity index (χ1n) is 7.11. The minimum absolute atomic E-state index is 0.196. The maximum absolute atomic E-state index is 5.67. The van der Waals surface area contributed by atoms with Crippen molar-refractivity contribution in [3.8, 4) is 17.2 Å². The van der Waals surface area contributed by atoms with E-state index in [0.717, 1.165) is 12.1 Å². The Labute approximate surface area is 127 Å². The lowest BCUT2D eigenvalue weighted by Gasteiger charge is -2.25. The largest absolute Gasteiger partial charge is 0.493 e. The van der Waals surface area contributed by atoms with Crippen molar-refractivity contribution in [2.45, 2.75) is 32.9 Å². The molecule has 1 aromatic rings. The minimum Gasteiger partial charge on any atom is -0.493 e. The quantitative estimate of drug-likeness (QED) is 0.759. The van der Waals surface area contributed by atoms with Crippen LogP contribution in [0, 0.1) is 0 Å². The molecule has 0 saturated carbocycles. The van der Waals surface area contributed by atoms with Crippen molar-refractivity contribution in [3.63, 3.8) is 0 Å². The van der Waals surface area contributed by atoms with Crippen molar-refractivity contribution in [2.24, 2.45) is 0 Å². The van der Waals surface area contributed by atoms with Crippen LogP contribution in [-0.4, -0.2) is 40.1 Å². The molecule has 0 unspecified atom stereocenters. The fourth-order valence-corrected chi connectivity index (χ4v) is 2.24. The summed E-state index contributed by atoms with van der Waals surface area (Å²) in [4.78, 5) is 0. The first-order valence-corrected chi connectivity index (χ1v) is 7.11. The van der Waals surface area contributed by atoms with Crippen LogP contribution in [0.1, 0.15) is 26.3 Å². The van der Waals surface area contributed by atoms with Gasteiger partial charge in [0, 0.05) is 25.3 Å². The van der Waals surface area contributed by atoms with E-state index in [9.17, 15) is 0 Å². The third-order valence-corrected chi connectivity index (χ3v) is 3.19. The van der Waals surface area contributed by atoms with E-state index in [1.807, 2.05) is 19.1 Å². The van der Waals surface area contributed by atoms with Crippen LogP contribution in [0.2, 0.25) is 0 Å². The molecule has 1 N–H and O–H groups in total. The van der Waals surface area contributed by atoms with Crippen molar-refractivity contribution in [2.75, 3.05) is 34.5 Å². The van der Waals surface area contributed by atoms with Gasteiger partial charge in [-0.15, -0.1) is 0 Å². The van der Waals surface area contributed by atoms with E-state index in [2.05, 4.69) is 19.2 Å². The van der Waals surface area contributed by atoms with Crippen molar-refractivity contribution in [1.82, 2.24) is 5.32 Å². The zero-order valence-corrected chi connectivity index (χ0v) is 13.9. The van der Waals surface area contributed by atoms with Crippen LogP contribution >= 0.6 is 0 Å². The zero-order valence-electron chi connectivity index (χ0n) is 13.9. The van der Waals surface area contributed by atoms with Gasteiger partial charge in [-0.25, -0.2) is 0 Å². The van der Waals surface area contributed by atoms with Gasteiger partial charge in [-0.3, -0.25) is 0 Å². The SMILES string of the molecule is CCOC(C)(C)CNCc1ccc(OC)c(OC)c1OC. The maximum Gasteiger partial charge on any atom is 0.203 e. The second kappa shape index (κ2) is 8.10. The number of nitrogens with one attached hydrogen (secondary N) is 1. The molecule has 0 radical (unpaired) electrons. The molecule has 120 valence electrons. The summed E-state index contributed by atoms with van der Waals surface area (Å²) >= 11 is 0. The van der Waals surface area contributed by atoms with Gasteiger partial charge < -0.3 is 24.3 Å². The Morgan fingerprint density at radius 3 is 2.19 bits per heavy atom. The molecular formula is C16H27NO4. The van der Waals surface area contributed by atoms with Crippen LogP contribution in [0.3, 0.4) is 0 Å². The van der Waals surface area contributed by atoms with E-state index >= 15 is 0 Å². The van der Waals surface area contributed by atoms with Gasteiger partial charge in [-0.05, 0) is 26.8 Å². The molecule has 0 atom stereocenters. The number of methoxy groups -OCH3 is 3. The first kappa shape index (κ1) is 17.6. The molecule has 0 spiro atoms. The highest BCUT2D eigenvalue weighted by molar-refractivity contribution is 5.55. The lowest BCUT2D eigenvalue weighted by atomic mass is 10.1. The summed E-state index contributed by atoms with van der Waals surface area (Å²) in [5.41, 5.74) is 0.820. The fourth-order valence-electron chi connectivity index (χ4n) is 2.24. The third kappa shape index (κ3) is 4.79. The van der Waals surface area contributed by atoms with Crippen molar-refractivity contribution in [3.05, 3.63) is 17.7 Å². The van der Waals surface area contributed by atoms with E-state index in [0.29, 0.717) is 30.4 Å². The number of benzene rings is 1. The Balaban J connectivity index is 2.80. The van der Waals surface area contributed by atoms with Gasteiger partial charge in [0.15, 0.2) is 11.5 Å². The van der Waals surface area contributed by atoms with Crippen LogP contribution in [0.25, 0.3) is 0 Å². The predicted molar refractivity (Wildman–Crippen MR) is 83.5 cm³/mol. The number of hydrogen-bond acceptors (Lipinski definition) is 5. The average molecular weight is 297 g/mol. The van der Waals surface area contributed by atoms with Gasteiger partial charge in [0.1, 0.15) is 0 Å². The first-order chi connectivity index (χ1) is 9.99. The molecule has 5 heteroatoms. The fraction of sp³-hybridized carbons (Fsp3) is 0.625. The van der Waals surface area contributed by atoms with E-state index in [1.54, 1.807) is 21.3 Å². The topological polar surface area (TPSA) is 49.0 Å². The van der Waals surface area contributed by atoms with E-state index < -0.39 is 0 Å². The summed E-state index contributed by atoms with van der Waals surface area (Å²) in [5.74, 6) is 1.97. The highest BCUT2D eigenvalue weighted by atomic mass is 16.5. The van der Waals surface area contributed by atoms with Crippen LogP contribution < -0.4 is 19.5 Å². The Morgan fingerprint density at radius 1 is 1.00 bits per heavy atom. The molecule has 0 amide bonds. The number of hydrogen-bond donors (Lipinski definition) is 1. The molecule has 1 aromatic carbocycles. The number of rotatable bonds is 9. The lowest BCUT2D eigenvalue weighted by Crippen LogP contribution is -2.37. The van der Waals surface area contributed by atoms with Crippen LogP contribution in [0.15, 0.2) is 12.1 Å². The highest BCUT2D eigenvalue weighted by Crippen LogP contribution is 2.39. The van der Waals surface area contributed by atoms with Crippen LogP contribution in [0.4, 0.5) is 0 Å². The molecule has 0 bridgehead atoms. The van der Waals surface area contributed by atoms with E-state index in [1.165, 1.54) is 0 Å². The van der Waals surface area contributed by atoms with Gasteiger partial charge in [0.2, 0.25) is 5.75 Å². The van der Waals surface area contributed by atoms with Gasteiger partial charge in [-0.1, -0.05) is 6.07 Å². The molecule has 21 heavy (non-hydrogen) atoms. The average Bonchev–Trinajstić information content (AvgIpc) is 2.46. The Bertz CT molecular complexity index is 446. The van der Waals surface area contributed by atoms with Gasteiger partial charge in [0.25, 0.3) is 0 Å². The molecule has 0 aliphatic heterocycles. The van der Waals surface area contributed by atoms with Crippen molar-refractivity contribution >= 4 is 0 Å². The molecule has 1 rings (SSSR count). The normalized spacial score (nSPS) is 11.3. The molecular weight excluding hydrogens is 270 g/mol. The second-order valence-corrected chi connectivity index (χ2v) is 5.29. The number of ether oxygens (including phenoxy) is 4. The lowest BCUT2D eigenvalue weighted by molar-refractivity contribution is -0.00900. The smallest absolute Gasteiger partial charge is 0.203 e. The van der Waals surface area contributed by atoms with Gasteiger partial charge in [0.05, 0.1) is 26.9 Å². The Kier molecular flexibility index (Phi) is 6.78. The molecule has 0 aliphatic carbocycles. The molecule has 5 nitrogen and oxygen atoms in total. The summed E-state index contributed by atoms with van der Waals surface area (Å²) in [6.07, 6.45) is 0. The molecule has 0 aromatic heterocycles. The summed E-state index contributed by atoms with van der Waals surface area (Å²) in [6.45, 7) is 8.25. The summed E-state index contributed by atoms with van der Waals surface area (Å²) < 4.78 is 21.8. The molecule has 0 fully saturated rings. The minimum atomic E-state index is -0.196. The summed E-state index contributed by atoms with van der Waals surface area (Å²) in [7, 11) is 4.85. The zero-order chi connectivity index (χ0) is 15.9. The van der Waals surface area contributed by atoms with Gasteiger partial charge >= 0.3 is 0 Å². The summed E-state index contributed by atoms with van der Waals surface area (Å²) in [6, 6.07) is 3.85. The molecule has 0 heterocycles. The maximum atomic E-state index is 5.67. The van der Waals surface area contributed by atoms with Crippen LogP contribution in [-0.2, 0) is 11.3 Å². The molecule has 0 saturated heterocycles. The molecule has 0 aliphatic rings. The monoisotopic (exact) mass is 297 g/mol. The predicted octanol–water partition coefficient (Wildman–Crippen LogP) is 2.62. The van der Waals surface area contributed by atoms with Crippen molar-refractivity contribution in [1.29, 1.82) is 0 Å². The van der Waals surface area contributed by atoms with Crippen molar-refractivity contribution < 1.29 is 18.9 Å². The Morgan fingerprint density at radius 2 is 1.67 bits per heavy atom. The third-order valence-electron chi connectivity index (χ3n) is 3.19. The van der Waals surface area contributed by atoms with E-state index in [4.69, 9.17) is 18.9 Å². The van der Waals surface area contributed by atoms with Gasteiger partial charge in [-0.2, -0.15) is 0 Å². The second-order valence-electron chi connectivity index (χ2n) is 5.29. The van der Waals surface area contributed by atoms with E-state index in [-0.39, 0.29) is 5.60 Å². The van der Waals surface area contributed by atoms with Crippen LogP contribution in [0.5, 0.6) is 17.2 Å².